The van der Waals surface area contributed by atoms with Crippen LogP contribution in [0.4, 0.5) is 0 Å². The summed E-state index contributed by atoms with van der Waals surface area (Å²) in [4.78, 5) is 3.96. The molecule has 1 aliphatic carbocycles. The van der Waals surface area contributed by atoms with Gasteiger partial charge < -0.3 is 4.74 Å². The van der Waals surface area contributed by atoms with Crippen LogP contribution in [0.3, 0.4) is 0 Å². The molecular formula is C17H19Cl2N3O. The highest BCUT2D eigenvalue weighted by molar-refractivity contribution is 6.37. The second kappa shape index (κ2) is 7.84. The van der Waals surface area contributed by atoms with Crippen molar-refractivity contribution in [2.24, 2.45) is 0 Å². The van der Waals surface area contributed by atoms with E-state index in [-0.39, 0.29) is 6.10 Å². The average Bonchev–Trinajstić information content (AvgIpc) is 2.90. The Balaban J connectivity index is 1.93. The summed E-state index contributed by atoms with van der Waals surface area (Å²) in [6, 6.07) is 5.45. The molecule has 6 heteroatoms. The Morgan fingerprint density at radius 2 is 1.83 bits per heavy atom. The molecule has 1 aromatic heterocycles. The number of ether oxygens (including phenoxy) is 1. The smallest absolute Gasteiger partial charge is 0.148 e. The van der Waals surface area contributed by atoms with Crippen molar-refractivity contribution in [3.63, 3.8) is 0 Å². The van der Waals surface area contributed by atoms with Crippen LogP contribution in [-0.2, 0) is 4.74 Å². The Labute approximate surface area is 146 Å². The van der Waals surface area contributed by atoms with Gasteiger partial charge in [0.15, 0.2) is 0 Å². The van der Waals surface area contributed by atoms with Gasteiger partial charge in [-0.05, 0) is 37.8 Å². The van der Waals surface area contributed by atoms with Crippen LogP contribution in [0.1, 0.15) is 44.1 Å². The molecule has 0 unspecified atom stereocenters. The lowest BCUT2D eigenvalue weighted by molar-refractivity contribution is 0.151. The van der Waals surface area contributed by atoms with E-state index in [1.54, 1.807) is 17.2 Å². The van der Waals surface area contributed by atoms with E-state index in [0.29, 0.717) is 21.4 Å². The minimum Gasteiger partial charge on any atom is -0.488 e. The maximum Gasteiger partial charge on any atom is 0.148 e. The van der Waals surface area contributed by atoms with Crippen molar-refractivity contribution in [3.8, 4) is 0 Å². The van der Waals surface area contributed by atoms with Crippen LogP contribution in [0.25, 0.3) is 12.0 Å². The van der Waals surface area contributed by atoms with Crippen LogP contribution in [0.15, 0.2) is 30.9 Å². The van der Waals surface area contributed by atoms with Crippen molar-refractivity contribution in [1.82, 2.24) is 14.8 Å². The van der Waals surface area contributed by atoms with E-state index < -0.39 is 0 Å². The third-order valence-corrected chi connectivity index (χ3v) is 4.62. The number of rotatable bonds is 4. The van der Waals surface area contributed by atoms with Gasteiger partial charge in [-0.3, -0.25) is 0 Å². The number of aromatic nitrogens is 3. The highest BCUT2D eigenvalue weighted by Crippen LogP contribution is 2.34. The molecule has 0 atom stereocenters. The first-order chi connectivity index (χ1) is 11.2. The van der Waals surface area contributed by atoms with Crippen LogP contribution in [0.2, 0.25) is 10.0 Å². The van der Waals surface area contributed by atoms with Gasteiger partial charge in [0.2, 0.25) is 0 Å². The molecule has 0 spiro atoms. The molecule has 1 fully saturated rings. The molecule has 0 radical (unpaired) electrons. The number of hydrogen-bond donors (Lipinski definition) is 0. The first-order valence-electron chi connectivity index (χ1n) is 7.91. The van der Waals surface area contributed by atoms with Crippen molar-refractivity contribution >= 4 is 35.2 Å². The second-order valence-electron chi connectivity index (χ2n) is 5.70. The minimum absolute atomic E-state index is 0.180. The van der Waals surface area contributed by atoms with E-state index in [1.165, 1.54) is 32.0 Å². The quantitative estimate of drug-likeness (QED) is 0.555. The summed E-state index contributed by atoms with van der Waals surface area (Å²) in [5.41, 5.74) is 0.704. The van der Waals surface area contributed by atoms with Gasteiger partial charge in [-0.1, -0.05) is 42.1 Å². The predicted molar refractivity (Wildman–Crippen MR) is 93.2 cm³/mol. The lowest BCUT2D eigenvalue weighted by Gasteiger charge is -2.21. The first-order valence-corrected chi connectivity index (χ1v) is 8.66. The van der Waals surface area contributed by atoms with Crippen molar-refractivity contribution in [2.75, 3.05) is 0 Å². The molecule has 0 N–H and O–H groups in total. The molecule has 122 valence electrons. The maximum absolute atomic E-state index is 6.36. The molecule has 0 saturated heterocycles. The third kappa shape index (κ3) is 4.27. The summed E-state index contributed by atoms with van der Waals surface area (Å²) in [5.74, 6) is 0.637. The minimum atomic E-state index is 0.180. The molecule has 1 heterocycles. The van der Waals surface area contributed by atoms with Crippen LogP contribution < -0.4 is 0 Å². The Morgan fingerprint density at radius 3 is 2.43 bits per heavy atom. The first kappa shape index (κ1) is 16.3. The highest BCUT2D eigenvalue weighted by Gasteiger charge is 2.19. The van der Waals surface area contributed by atoms with E-state index in [2.05, 4.69) is 10.1 Å². The topological polar surface area (TPSA) is 39.9 Å². The zero-order chi connectivity index (χ0) is 16.1. The van der Waals surface area contributed by atoms with E-state index in [0.717, 1.165) is 12.8 Å². The zero-order valence-electron chi connectivity index (χ0n) is 12.8. The van der Waals surface area contributed by atoms with Crippen molar-refractivity contribution in [3.05, 3.63) is 46.5 Å². The predicted octanol–water partition coefficient (Wildman–Crippen LogP) is 5.28. The van der Waals surface area contributed by atoms with Gasteiger partial charge in [-0.25, -0.2) is 9.67 Å². The number of nitrogens with zero attached hydrogens (tertiary/aromatic N) is 3. The number of hydrogen-bond acceptors (Lipinski definition) is 3. The van der Waals surface area contributed by atoms with Crippen molar-refractivity contribution < 1.29 is 4.74 Å². The fourth-order valence-corrected chi connectivity index (χ4v) is 3.41. The molecule has 1 aromatic carbocycles. The second-order valence-corrected chi connectivity index (χ2v) is 6.51. The summed E-state index contributed by atoms with van der Waals surface area (Å²) in [7, 11) is 0. The molecule has 3 rings (SSSR count). The maximum atomic E-state index is 6.36. The monoisotopic (exact) mass is 351 g/mol. The highest BCUT2D eigenvalue weighted by atomic mass is 35.5. The average molecular weight is 352 g/mol. The van der Waals surface area contributed by atoms with Gasteiger partial charge in [0, 0.05) is 0 Å². The lowest BCUT2D eigenvalue weighted by atomic mass is 10.1. The summed E-state index contributed by atoms with van der Waals surface area (Å²) in [6.07, 6.45) is 12.1. The molecule has 0 bridgehead atoms. The van der Waals surface area contributed by atoms with Gasteiger partial charge in [-0.2, -0.15) is 5.10 Å². The molecule has 1 aliphatic rings. The van der Waals surface area contributed by atoms with Crippen LogP contribution in [-0.4, -0.2) is 20.9 Å². The molecule has 4 nitrogen and oxygen atoms in total. The van der Waals surface area contributed by atoms with Gasteiger partial charge in [0.25, 0.3) is 0 Å². The SMILES string of the molecule is Clc1cccc(Cl)c1/C(=C\n1cncn1)OC1CCCCCC1. The van der Waals surface area contributed by atoms with E-state index >= 15 is 0 Å². The van der Waals surface area contributed by atoms with Crippen molar-refractivity contribution in [1.29, 1.82) is 0 Å². The Bertz CT molecular complexity index is 642. The van der Waals surface area contributed by atoms with Crippen LogP contribution >= 0.6 is 23.2 Å². The molecule has 23 heavy (non-hydrogen) atoms. The van der Waals surface area contributed by atoms with Crippen LogP contribution in [0.5, 0.6) is 0 Å². The largest absolute Gasteiger partial charge is 0.488 e. The van der Waals surface area contributed by atoms with Gasteiger partial charge in [0.1, 0.15) is 18.4 Å². The molecule has 0 amide bonds. The third-order valence-electron chi connectivity index (χ3n) is 3.99. The Hall–Kier alpha value is -1.52. The fraction of sp³-hybridized carbons (Fsp3) is 0.412. The normalized spacial score (nSPS) is 17.0. The number of halogens is 2. The molecular weight excluding hydrogens is 333 g/mol. The fourth-order valence-electron chi connectivity index (χ4n) is 2.83. The van der Waals surface area contributed by atoms with Crippen LogP contribution in [0, 0.1) is 0 Å². The summed E-state index contributed by atoms with van der Waals surface area (Å²) in [5, 5.41) is 5.25. The summed E-state index contributed by atoms with van der Waals surface area (Å²) < 4.78 is 7.90. The molecule has 2 aromatic rings. The Kier molecular flexibility index (Phi) is 5.57. The summed E-state index contributed by atoms with van der Waals surface area (Å²) >= 11 is 12.7. The molecule has 0 aliphatic heterocycles. The zero-order valence-corrected chi connectivity index (χ0v) is 14.3. The van der Waals surface area contributed by atoms with Crippen molar-refractivity contribution in [2.45, 2.75) is 44.6 Å². The summed E-state index contributed by atoms with van der Waals surface area (Å²) in [6.45, 7) is 0. The standard InChI is InChI=1S/C17H19Cl2N3O/c18-14-8-5-9-15(19)17(14)16(10-22-12-20-11-21-22)23-13-6-3-1-2-4-7-13/h5,8-13H,1-4,6-7H2/b16-10+. The van der Waals surface area contributed by atoms with E-state index in [9.17, 15) is 0 Å². The Morgan fingerprint density at radius 1 is 1.13 bits per heavy atom. The number of benzene rings is 1. The van der Waals surface area contributed by atoms with E-state index in [4.69, 9.17) is 27.9 Å². The lowest BCUT2D eigenvalue weighted by Crippen LogP contribution is -2.12. The van der Waals surface area contributed by atoms with Gasteiger partial charge >= 0.3 is 0 Å². The molecule has 1 saturated carbocycles. The van der Waals surface area contributed by atoms with E-state index in [1.807, 2.05) is 18.2 Å². The van der Waals surface area contributed by atoms with Gasteiger partial charge in [0.05, 0.1) is 27.9 Å². The van der Waals surface area contributed by atoms with Gasteiger partial charge in [-0.15, -0.1) is 0 Å².